The van der Waals surface area contributed by atoms with Crippen molar-refractivity contribution >= 4 is 5.78 Å². The van der Waals surface area contributed by atoms with Crippen LogP contribution in [0.25, 0.3) is 0 Å². The molecule has 3 heteroatoms. The van der Waals surface area contributed by atoms with Crippen molar-refractivity contribution in [2.45, 2.75) is 65.0 Å². The summed E-state index contributed by atoms with van der Waals surface area (Å²) in [5, 5.41) is 0. The van der Waals surface area contributed by atoms with Gasteiger partial charge in [-0.25, -0.2) is 0 Å². The smallest absolute Gasteiger partial charge is 0.164 e. The number of ether oxygens (including phenoxy) is 2. The van der Waals surface area contributed by atoms with Gasteiger partial charge >= 0.3 is 0 Å². The van der Waals surface area contributed by atoms with Crippen molar-refractivity contribution in [3.05, 3.63) is 0 Å². The quantitative estimate of drug-likeness (QED) is 0.723. The van der Waals surface area contributed by atoms with E-state index < -0.39 is 0 Å². The summed E-state index contributed by atoms with van der Waals surface area (Å²) in [6.45, 7) is 6.89. The minimum absolute atomic E-state index is 0.0455. The largest absolute Gasteiger partial charge is 0.349 e. The molecule has 15 atom stereocenters. The van der Waals surface area contributed by atoms with Gasteiger partial charge in [-0.1, -0.05) is 13.8 Å². The Kier molecular flexibility index (Phi) is 2.16. The minimum atomic E-state index is -0.0932. The third-order valence-electron chi connectivity index (χ3n) is 12.0. The molecular formula is C23H30O3. The van der Waals surface area contributed by atoms with Crippen molar-refractivity contribution in [3.63, 3.8) is 0 Å². The summed E-state index contributed by atoms with van der Waals surface area (Å²) in [6.07, 6.45) is 5.85. The van der Waals surface area contributed by atoms with Gasteiger partial charge in [0, 0.05) is 10.8 Å². The summed E-state index contributed by atoms with van der Waals surface area (Å²) in [7, 11) is 0. The van der Waals surface area contributed by atoms with Crippen molar-refractivity contribution in [1.82, 2.24) is 0 Å². The molecule has 0 aromatic heterocycles. The van der Waals surface area contributed by atoms with Crippen LogP contribution in [-0.4, -0.2) is 24.3 Å². The van der Waals surface area contributed by atoms with Crippen LogP contribution < -0.4 is 0 Å². The molecule has 0 amide bonds. The van der Waals surface area contributed by atoms with E-state index in [0.29, 0.717) is 35.7 Å². The van der Waals surface area contributed by atoms with Crippen LogP contribution in [0, 0.1) is 70.0 Å². The summed E-state index contributed by atoms with van der Waals surface area (Å²) in [5.74, 6) is 7.74. The third-order valence-corrected chi connectivity index (χ3v) is 12.0. The number of rotatable bonds is 1. The zero-order valence-electron chi connectivity index (χ0n) is 16.1. The maximum atomic E-state index is 13.3. The van der Waals surface area contributed by atoms with Gasteiger partial charge in [-0.2, -0.15) is 0 Å². The molecule has 2 saturated heterocycles. The highest BCUT2D eigenvalue weighted by atomic mass is 16.7. The predicted molar refractivity (Wildman–Crippen MR) is 93.8 cm³/mol. The Morgan fingerprint density at radius 1 is 0.769 bits per heavy atom. The second-order valence-electron chi connectivity index (χ2n) is 11.8. The molecule has 2 aliphatic heterocycles. The highest BCUT2D eigenvalue weighted by Gasteiger charge is 2.87. The van der Waals surface area contributed by atoms with Crippen molar-refractivity contribution in [2.75, 3.05) is 0 Å². The number of carbonyl (C=O) groups excluding carboxylic acids is 1. The highest BCUT2D eigenvalue weighted by Crippen LogP contribution is 2.87. The van der Waals surface area contributed by atoms with E-state index in [1.54, 1.807) is 0 Å². The lowest BCUT2D eigenvalue weighted by Gasteiger charge is -2.52. The average Bonchev–Trinajstić information content (AvgIpc) is 3.32. The fraction of sp³-hybridized carbons (Fsp3) is 0.957. The molecule has 4 bridgehead atoms. The summed E-state index contributed by atoms with van der Waals surface area (Å²) in [5.41, 5.74) is 0.128. The molecule has 3 nitrogen and oxygen atoms in total. The number of fused-ring (bicyclic) bond motifs is 1. The Morgan fingerprint density at radius 2 is 1.35 bits per heavy atom. The number of carbonyl (C=O) groups is 1. The van der Waals surface area contributed by atoms with Gasteiger partial charge in [0.2, 0.25) is 0 Å². The Bertz CT molecular complexity index is 763. The predicted octanol–water partition coefficient (Wildman–Crippen LogP) is 3.52. The number of Topliss-reactive ketones (excluding diaryl/α,β-unsaturated/α-hetero) is 1. The lowest BCUT2D eigenvalue weighted by Crippen LogP contribution is -2.55. The summed E-state index contributed by atoms with van der Waals surface area (Å²) in [4.78, 5) is 13.3. The Morgan fingerprint density at radius 3 is 2.00 bits per heavy atom. The standard InChI is InChI=1S/C23H30O3/c1-8(24)22(2)17-9-4-6-12-14(9)20-15(17)16-18-10-5-7-11(13(10)19(16)22)25-21(26-12)23(18,20)3/h9-21H,4-7H2,1-3H3/t9-,10+,11+,12+,13+,14+,15+,16-,17+,18-,19-,20+,21+,22-,23-/m0/s1. The van der Waals surface area contributed by atoms with E-state index in [0.717, 1.165) is 41.4 Å². The summed E-state index contributed by atoms with van der Waals surface area (Å²) < 4.78 is 13.6. The topological polar surface area (TPSA) is 35.5 Å². The maximum Gasteiger partial charge on any atom is 0.164 e. The number of hydrogen-bond acceptors (Lipinski definition) is 3. The van der Waals surface area contributed by atoms with Crippen molar-refractivity contribution in [3.8, 4) is 0 Å². The van der Waals surface area contributed by atoms with Crippen LogP contribution >= 0.6 is 0 Å². The van der Waals surface area contributed by atoms with E-state index in [2.05, 4.69) is 13.8 Å². The van der Waals surface area contributed by atoms with Gasteiger partial charge in [0.25, 0.3) is 0 Å². The van der Waals surface area contributed by atoms with E-state index in [-0.39, 0.29) is 17.1 Å². The fourth-order valence-electron chi connectivity index (χ4n) is 11.9. The minimum Gasteiger partial charge on any atom is -0.349 e. The van der Waals surface area contributed by atoms with E-state index in [1.807, 2.05) is 6.92 Å². The molecule has 140 valence electrons. The average molecular weight is 354 g/mol. The first kappa shape index (κ1) is 14.6. The van der Waals surface area contributed by atoms with Gasteiger partial charge in [0.1, 0.15) is 5.78 Å². The van der Waals surface area contributed by atoms with Crippen LogP contribution in [0.2, 0.25) is 0 Å². The molecule has 0 aromatic carbocycles. The van der Waals surface area contributed by atoms with Gasteiger partial charge < -0.3 is 9.47 Å². The zero-order chi connectivity index (χ0) is 17.3. The van der Waals surface area contributed by atoms with Crippen LogP contribution in [0.3, 0.4) is 0 Å². The van der Waals surface area contributed by atoms with Gasteiger partial charge in [-0.05, 0) is 91.8 Å². The van der Waals surface area contributed by atoms with Gasteiger partial charge in [0.15, 0.2) is 6.29 Å². The second-order valence-corrected chi connectivity index (χ2v) is 11.8. The SMILES string of the molecule is CC(=O)[C@]1(C)[C@@H]2[C@H]3[C@@H]4[C@H]1[C@H]1CC[C@H]5O[C@H]6O[C@@H]7CC[C@H]([C@@H]27)[C@@H]3[C@@]6(C)[C@@H]4[C@H]15. The molecule has 6 aliphatic carbocycles. The number of hydrogen-bond donors (Lipinski definition) is 0. The van der Waals surface area contributed by atoms with Crippen LogP contribution in [-0.2, 0) is 14.3 Å². The van der Waals surface area contributed by atoms with Crippen molar-refractivity contribution < 1.29 is 14.3 Å². The Hall–Kier alpha value is -0.410. The Balaban J connectivity index is 1.47. The summed E-state index contributed by atoms with van der Waals surface area (Å²) in [6, 6.07) is 0. The first-order chi connectivity index (χ1) is 12.5. The molecule has 2 heterocycles. The van der Waals surface area contributed by atoms with Gasteiger partial charge in [0.05, 0.1) is 12.2 Å². The first-order valence-electron chi connectivity index (χ1n) is 11.3. The normalized spacial score (nSPS) is 75.4. The number of ketones is 1. The molecule has 26 heavy (non-hydrogen) atoms. The van der Waals surface area contributed by atoms with Crippen LogP contribution in [0.5, 0.6) is 0 Å². The van der Waals surface area contributed by atoms with Crippen molar-refractivity contribution in [1.29, 1.82) is 0 Å². The second kappa shape index (κ2) is 3.85. The van der Waals surface area contributed by atoms with Crippen LogP contribution in [0.1, 0.15) is 46.5 Å². The molecule has 0 spiro atoms. The van der Waals surface area contributed by atoms with E-state index in [1.165, 1.54) is 25.7 Å². The molecule has 6 saturated carbocycles. The molecule has 8 rings (SSSR count). The maximum absolute atomic E-state index is 13.3. The molecular weight excluding hydrogens is 324 g/mol. The fourth-order valence-corrected chi connectivity index (χ4v) is 11.9. The molecule has 8 fully saturated rings. The Labute approximate surface area is 155 Å². The molecule has 8 aliphatic rings. The van der Waals surface area contributed by atoms with Gasteiger partial charge in [-0.3, -0.25) is 4.79 Å². The van der Waals surface area contributed by atoms with Crippen LogP contribution in [0.4, 0.5) is 0 Å². The summed E-state index contributed by atoms with van der Waals surface area (Å²) >= 11 is 0. The van der Waals surface area contributed by atoms with Crippen molar-refractivity contribution in [2.24, 2.45) is 70.0 Å². The lowest BCUT2D eigenvalue weighted by atomic mass is 9.62. The van der Waals surface area contributed by atoms with E-state index in [4.69, 9.17) is 9.47 Å². The van der Waals surface area contributed by atoms with E-state index in [9.17, 15) is 4.79 Å². The zero-order valence-corrected chi connectivity index (χ0v) is 16.1. The highest BCUT2D eigenvalue weighted by molar-refractivity contribution is 5.84. The van der Waals surface area contributed by atoms with Gasteiger partial charge in [-0.15, -0.1) is 0 Å². The van der Waals surface area contributed by atoms with Crippen LogP contribution in [0.15, 0.2) is 0 Å². The third kappa shape index (κ3) is 1.08. The lowest BCUT2D eigenvalue weighted by molar-refractivity contribution is -0.302. The molecule has 0 radical (unpaired) electrons. The molecule has 0 aromatic rings. The molecule has 0 N–H and O–H groups in total. The molecule has 0 unspecified atom stereocenters. The van der Waals surface area contributed by atoms with E-state index >= 15 is 0 Å². The first-order valence-corrected chi connectivity index (χ1v) is 11.3. The monoisotopic (exact) mass is 354 g/mol.